The number of benzene rings is 1. The van der Waals surface area contributed by atoms with Gasteiger partial charge in [0.1, 0.15) is 5.82 Å². The van der Waals surface area contributed by atoms with Crippen LogP contribution in [0.1, 0.15) is 19.3 Å². The van der Waals surface area contributed by atoms with Crippen LogP contribution in [-0.2, 0) is 6.54 Å². The Hall–Kier alpha value is -0.840. The Kier molecular flexibility index (Phi) is 3.18. The highest BCUT2D eigenvalue weighted by molar-refractivity contribution is 14.1. The molecular weight excluding hydrogens is 323 g/mol. The maximum atomic E-state index is 4.47. The second-order valence-corrected chi connectivity index (χ2v) is 5.93. The molecule has 1 heterocycles. The lowest BCUT2D eigenvalue weighted by Crippen LogP contribution is -2.00. The predicted molar refractivity (Wildman–Crippen MR) is 77.7 cm³/mol. The summed E-state index contributed by atoms with van der Waals surface area (Å²) in [5.41, 5.74) is 1.21. The summed E-state index contributed by atoms with van der Waals surface area (Å²) in [5, 5.41) is 0. The molecule has 1 aliphatic carbocycles. The number of nitrogens with zero attached hydrogens (tertiary/aromatic N) is 2. The summed E-state index contributed by atoms with van der Waals surface area (Å²) >= 11 is 2.33. The Morgan fingerprint density at radius 2 is 2.00 bits per heavy atom. The van der Waals surface area contributed by atoms with E-state index in [0.717, 1.165) is 18.3 Å². The molecule has 17 heavy (non-hydrogen) atoms. The van der Waals surface area contributed by atoms with E-state index in [0.29, 0.717) is 0 Å². The number of aryl methyl sites for hydroxylation is 1. The van der Waals surface area contributed by atoms with E-state index in [1.165, 1.54) is 28.4 Å². The summed E-state index contributed by atoms with van der Waals surface area (Å²) < 4.78 is 3.54. The van der Waals surface area contributed by atoms with Crippen LogP contribution in [0.25, 0.3) is 11.4 Å². The Labute approximate surface area is 115 Å². The molecule has 3 heteroatoms. The van der Waals surface area contributed by atoms with Crippen molar-refractivity contribution in [2.24, 2.45) is 5.92 Å². The molecule has 88 valence electrons. The minimum absolute atomic E-state index is 0.974. The highest BCUT2D eigenvalue weighted by atomic mass is 127. The lowest BCUT2D eigenvalue weighted by Gasteiger charge is -2.07. The molecule has 0 unspecified atom stereocenters. The fraction of sp³-hybridized carbons (Fsp3) is 0.357. The van der Waals surface area contributed by atoms with Crippen molar-refractivity contribution in [3.8, 4) is 11.4 Å². The lowest BCUT2D eigenvalue weighted by molar-refractivity contribution is 0.601. The normalized spacial score (nSPS) is 15.1. The molecule has 0 aliphatic heterocycles. The molecule has 2 nitrogen and oxygen atoms in total. The summed E-state index contributed by atoms with van der Waals surface area (Å²) in [6.07, 6.45) is 8.14. The van der Waals surface area contributed by atoms with Crippen molar-refractivity contribution in [2.75, 3.05) is 0 Å². The molecule has 0 radical (unpaired) electrons. The van der Waals surface area contributed by atoms with Crippen LogP contribution in [0, 0.1) is 9.49 Å². The number of aromatic nitrogens is 2. The molecule has 1 fully saturated rings. The smallest absolute Gasteiger partial charge is 0.139 e. The SMILES string of the molecule is Ic1ccc(-c2nccn2CCC2CC2)cc1. The summed E-state index contributed by atoms with van der Waals surface area (Å²) in [4.78, 5) is 4.47. The molecule has 1 aromatic carbocycles. The number of halogens is 1. The minimum Gasteiger partial charge on any atom is -0.331 e. The van der Waals surface area contributed by atoms with Crippen molar-refractivity contribution in [1.82, 2.24) is 9.55 Å². The first-order chi connectivity index (χ1) is 8.33. The second-order valence-electron chi connectivity index (χ2n) is 4.68. The molecule has 3 rings (SSSR count). The Balaban J connectivity index is 1.81. The number of imidazole rings is 1. The van der Waals surface area contributed by atoms with Crippen molar-refractivity contribution in [3.05, 3.63) is 40.2 Å². The van der Waals surface area contributed by atoms with Gasteiger partial charge in [-0.2, -0.15) is 0 Å². The van der Waals surface area contributed by atoms with Gasteiger partial charge in [-0.3, -0.25) is 0 Å². The molecule has 2 aromatic rings. The Morgan fingerprint density at radius 1 is 1.24 bits per heavy atom. The van der Waals surface area contributed by atoms with Gasteiger partial charge in [0, 0.05) is 28.1 Å². The van der Waals surface area contributed by atoms with E-state index in [9.17, 15) is 0 Å². The van der Waals surface area contributed by atoms with Crippen LogP contribution in [0.3, 0.4) is 0 Å². The number of hydrogen-bond donors (Lipinski definition) is 0. The maximum absolute atomic E-state index is 4.47. The molecule has 0 bridgehead atoms. The fourth-order valence-electron chi connectivity index (χ4n) is 2.08. The Bertz CT molecular complexity index is 497. The first kappa shape index (κ1) is 11.3. The van der Waals surface area contributed by atoms with E-state index in [4.69, 9.17) is 0 Å². The van der Waals surface area contributed by atoms with E-state index in [1.54, 1.807) is 0 Å². The number of rotatable bonds is 4. The van der Waals surface area contributed by atoms with Crippen LogP contribution in [-0.4, -0.2) is 9.55 Å². The molecule has 1 aromatic heterocycles. The van der Waals surface area contributed by atoms with E-state index in [1.807, 2.05) is 6.20 Å². The topological polar surface area (TPSA) is 17.8 Å². The zero-order chi connectivity index (χ0) is 11.7. The van der Waals surface area contributed by atoms with Crippen LogP contribution in [0.15, 0.2) is 36.7 Å². The average Bonchev–Trinajstić information content (AvgIpc) is 3.06. The quantitative estimate of drug-likeness (QED) is 0.772. The van der Waals surface area contributed by atoms with Crippen LogP contribution in [0.4, 0.5) is 0 Å². The van der Waals surface area contributed by atoms with Crippen molar-refractivity contribution in [3.63, 3.8) is 0 Å². The average molecular weight is 338 g/mol. The van der Waals surface area contributed by atoms with E-state index < -0.39 is 0 Å². The summed E-state index contributed by atoms with van der Waals surface area (Å²) in [6.45, 7) is 1.10. The Morgan fingerprint density at radius 3 is 2.71 bits per heavy atom. The zero-order valence-electron chi connectivity index (χ0n) is 9.64. The molecular formula is C14H15IN2. The molecule has 0 spiro atoms. The molecule has 0 atom stereocenters. The van der Waals surface area contributed by atoms with Crippen molar-refractivity contribution in [1.29, 1.82) is 0 Å². The molecule has 1 saturated carbocycles. The molecule has 1 aliphatic rings. The van der Waals surface area contributed by atoms with Gasteiger partial charge >= 0.3 is 0 Å². The van der Waals surface area contributed by atoms with Gasteiger partial charge in [-0.15, -0.1) is 0 Å². The fourth-order valence-corrected chi connectivity index (χ4v) is 2.44. The van der Waals surface area contributed by atoms with Gasteiger partial charge in [-0.1, -0.05) is 25.0 Å². The number of hydrogen-bond acceptors (Lipinski definition) is 1. The molecule has 0 amide bonds. The zero-order valence-corrected chi connectivity index (χ0v) is 11.8. The van der Waals surface area contributed by atoms with E-state index in [-0.39, 0.29) is 0 Å². The minimum atomic E-state index is 0.974. The summed E-state index contributed by atoms with van der Waals surface area (Å²) in [6, 6.07) is 8.57. The van der Waals surface area contributed by atoms with Crippen LogP contribution >= 0.6 is 22.6 Å². The van der Waals surface area contributed by atoms with Crippen molar-refractivity contribution >= 4 is 22.6 Å². The van der Waals surface area contributed by atoms with E-state index in [2.05, 4.69) is 62.6 Å². The van der Waals surface area contributed by atoms with Crippen LogP contribution in [0.5, 0.6) is 0 Å². The van der Waals surface area contributed by atoms with Crippen LogP contribution < -0.4 is 0 Å². The summed E-state index contributed by atoms with van der Waals surface area (Å²) in [5.74, 6) is 2.07. The first-order valence-corrected chi connectivity index (χ1v) is 7.18. The third-order valence-electron chi connectivity index (χ3n) is 3.29. The predicted octanol–water partition coefficient (Wildman–Crippen LogP) is 3.95. The first-order valence-electron chi connectivity index (χ1n) is 6.10. The van der Waals surface area contributed by atoms with Gasteiger partial charge in [0.2, 0.25) is 0 Å². The molecule has 0 saturated heterocycles. The highest BCUT2D eigenvalue weighted by Crippen LogP contribution is 2.33. The van der Waals surface area contributed by atoms with Crippen molar-refractivity contribution < 1.29 is 0 Å². The largest absolute Gasteiger partial charge is 0.331 e. The standard InChI is InChI=1S/C14H15IN2/c15-13-5-3-12(4-6-13)14-16-8-10-17(14)9-7-11-1-2-11/h3-6,8,10-11H,1-2,7,9H2. The molecule has 0 N–H and O–H groups in total. The van der Waals surface area contributed by atoms with E-state index >= 15 is 0 Å². The van der Waals surface area contributed by atoms with Gasteiger partial charge in [0.25, 0.3) is 0 Å². The monoisotopic (exact) mass is 338 g/mol. The van der Waals surface area contributed by atoms with Crippen molar-refractivity contribution in [2.45, 2.75) is 25.8 Å². The van der Waals surface area contributed by atoms with Gasteiger partial charge < -0.3 is 4.57 Å². The van der Waals surface area contributed by atoms with Gasteiger partial charge in [0.15, 0.2) is 0 Å². The van der Waals surface area contributed by atoms with Gasteiger partial charge in [0.05, 0.1) is 0 Å². The van der Waals surface area contributed by atoms with Gasteiger partial charge in [-0.25, -0.2) is 4.98 Å². The lowest BCUT2D eigenvalue weighted by atomic mass is 10.2. The van der Waals surface area contributed by atoms with Gasteiger partial charge in [-0.05, 0) is 47.1 Å². The third-order valence-corrected chi connectivity index (χ3v) is 4.01. The maximum Gasteiger partial charge on any atom is 0.139 e. The second kappa shape index (κ2) is 4.80. The summed E-state index contributed by atoms with van der Waals surface area (Å²) in [7, 11) is 0. The van der Waals surface area contributed by atoms with Crippen LogP contribution in [0.2, 0.25) is 0 Å². The third kappa shape index (κ3) is 2.70. The highest BCUT2D eigenvalue weighted by Gasteiger charge is 2.21.